The molecule has 1 saturated heterocycles. The number of para-hydroxylation sites is 1. The molecule has 0 aromatic heterocycles. The zero-order chi connectivity index (χ0) is 14.5. The van der Waals surface area contributed by atoms with E-state index in [1.165, 1.54) is 12.1 Å². The lowest BCUT2D eigenvalue weighted by Crippen LogP contribution is -2.46. The molecule has 20 heavy (non-hydrogen) atoms. The van der Waals surface area contributed by atoms with Crippen molar-refractivity contribution in [3.8, 4) is 5.75 Å². The quantitative estimate of drug-likeness (QED) is 0.784. The third-order valence-electron chi connectivity index (χ3n) is 2.93. The van der Waals surface area contributed by atoms with Crippen molar-refractivity contribution in [3.63, 3.8) is 0 Å². The Labute approximate surface area is 123 Å². The Bertz CT molecular complexity index is 473. The average Bonchev–Trinajstić information content (AvgIpc) is 2.46. The molecule has 1 amide bonds. The molecule has 0 aliphatic carbocycles. The summed E-state index contributed by atoms with van der Waals surface area (Å²) in [4.78, 5) is 14.0. The van der Waals surface area contributed by atoms with Crippen LogP contribution < -0.4 is 4.74 Å². The summed E-state index contributed by atoms with van der Waals surface area (Å²) in [7, 11) is 0. The van der Waals surface area contributed by atoms with Gasteiger partial charge < -0.3 is 14.4 Å². The Morgan fingerprint density at radius 3 is 2.95 bits per heavy atom. The lowest BCUT2D eigenvalue weighted by Gasteiger charge is -2.32. The highest BCUT2D eigenvalue weighted by Gasteiger charge is 2.26. The largest absolute Gasteiger partial charge is 0.434 e. The minimum Gasteiger partial charge on any atom is -0.434 e. The molecule has 1 aliphatic rings. The van der Waals surface area contributed by atoms with Crippen molar-refractivity contribution in [2.75, 3.05) is 25.0 Å². The van der Waals surface area contributed by atoms with Crippen LogP contribution in [0.25, 0.3) is 0 Å². The number of ether oxygens (including phenoxy) is 2. The third-order valence-corrected chi connectivity index (χ3v) is 3.65. The van der Waals surface area contributed by atoms with Crippen LogP contribution in [-0.4, -0.2) is 48.5 Å². The Balaban J connectivity index is 2.16. The van der Waals surface area contributed by atoms with E-state index in [-0.39, 0.29) is 23.3 Å². The van der Waals surface area contributed by atoms with Crippen molar-refractivity contribution in [2.45, 2.75) is 12.7 Å². The minimum atomic E-state index is -2.95. The fourth-order valence-electron chi connectivity index (χ4n) is 2.01. The molecule has 1 aromatic rings. The van der Waals surface area contributed by atoms with Gasteiger partial charge in [-0.25, -0.2) is 0 Å². The molecule has 1 aromatic carbocycles. The molecule has 1 unspecified atom stereocenters. The molecule has 1 fully saturated rings. The van der Waals surface area contributed by atoms with Gasteiger partial charge in [0.2, 0.25) is 0 Å². The molecule has 0 radical (unpaired) electrons. The predicted octanol–water partition coefficient (Wildman–Crippen LogP) is 2.52. The van der Waals surface area contributed by atoms with Gasteiger partial charge in [-0.1, -0.05) is 28.1 Å². The average molecular weight is 350 g/mol. The number of amides is 1. The Hall–Kier alpha value is -1.21. The molecular weight excluding hydrogens is 336 g/mol. The summed E-state index contributed by atoms with van der Waals surface area (Å²) in [5, 5.41) is 0.617. The first kappa shape index (κ1) is 15.2. The summed E-state index contributed by atoms with van der Waals surface area (Å²) in [6, 6.07) is 6.02. The molecule has 110 valence electrons. The third kappa shape index (κ3) is 3.67. The fraction of sp³-hybridized carbons (Fsp3) is 0.462. The highest BCUT2D eigenvalue weighted by atomic mass is 79.9. The topological polar surface area (TPSA) is 38.8 Å². The lowest BCUT2D eigenvalue weighted by atomic mass is 10.1. The zero-order valence-electron chi connectivity index (χ0n) is 10.6. The highest BCUT2D eigenvalue weighted by molar-refractivity contribution is 9.09. The SMILES string of the molecule is O=C(c1ccccc1OC(F)F)N1CCOC(CBr)C1. The van der Waals surface area contributed by atoms with Gasteiger partial charge >= 0.3 is 6.61 Å². The molecule has 1 atom stereocenters. The molecule has 0 spiro atoms. The van der Waals surface area contributed by atoms with Crippen LogP contribution in [0.3, 0.4) is 0 Å². The van der Waals surface area contributed by atoms with Crippen molar-refractivity contribution >= 4 is 21.8 Å². The number of morpholine rings is 1. The van der Waals surface area contributed by atoms with Gasteiger partial charge in [0, 0.05) is 18.4 Å². The minimum absolute atomic E-state index is 0.0871. The van der Waals surface area contributed by atoms with E-state index in [1.807, 2.05) is 0 Å². The normalized spacial score (nSPS) is 19.2. The monoisotopic (exact) mass is 349 g/mol. The first-order valence-corrected chi connectivity index (χ1v) is 7.24. The number of nitrogens with zero attached hydrogens (tertiary/aromatic N) is 1. The number of hydrogen-bond acceptors (Lipinski definition) is 3. The summed E-state index contributed by atoms with van der Waals surface area (Å²) in [5.74, 6) is -0.426. The number of benzene rings is 1. The Kier molecular flexibility index (Phi) is 5.31. The first-order valence-electron chi connectivity index (χ1n) is 6.12. The van der Waals surface area contributed by atoms with Crippen LogP contribution in [0.5, 0.6) is 5.75 Å². The van der Waals surface area contributed by atoms with Gasteiger partial charge in [-0.05, 0) is 12.1 Å². The maximum Gasteiger partial charge on any atom is 0.387 e. The number of halogens is 3. The smallest absolute Gasteiger partial charge is 0.387 e. The molecule has 0 bridgehead atoms. The van der Waals surface area contributed by atoms with Gasteiger partial charge in [-0.2, -0.15) is 8.78 Å². The standard InChI is InChI=1S/C13H14BrF2NO3/c14-7-9-8-17(5-6-19-9)12(18)10-3-1-2-4-11(10)20-13(15)16/h1-4,9,13H,5-8H2. The number of alkyl halides is 3. The van der Waals surface area contributed by atoms with E-state index in [0.29, 0.717) is 25.0 Å². The molecule has 7 heteroatoms. The number of rotatable bonds is 4. The van der Waals surface area contributed by atoms with Crippen LogP contribution in [0, 0.1) is 0 Å². The summed E-state index contributed by atoms with van der Waals surface area (Å²) < 4.78 is 34.5. The summed E-state index contributed by atoms with van der Waals surface area (Å²) in [6.45, 7) is -1.66. The van der Waals surface area contributed by atoms with Crippen LogP contribution in [0.15, 0.2) is 24.3 Å². The molecule has 2 rings (SSSR count). The summed E-state index contributed by atoms with van der Waals surface area (Å²) in [6.07, 6.45) is -0.0871. The molecule has 4 nitrogen and oxygen atoms in total. The molecule has 0 saturated carbocycles. The van der Waals surface area contributed by atoms with Gasteiger partial charge in [0.15, 0.2) is 0 Å². The van der Waals surface area contributed by atoms with Crippen LogP contribution in [0.2, 0.25) is 0 Å². The number of carbonyl (C=O) groups is 1. The first-order chi connectivity index (χ1) is 9.61. The van der Waals surface area contributed by atoms with Crippen LogP contribution >= 0.6 is 15.9 Å². The lowest BCUT2D eigenvalue weighted by molar-refractivity contribution is -0.0506. The van der Waals surface area contributed by atoms with Gasteiger partial charge in [-0.3, -0.25) is 4.79 Å². The highest BCUT2D eigenvalue weighted by Crippen LogP contribution is 2.23. The fourth-order valence-corrected chi connectivity index (χ4v) is 2.40. The second-order valence-electron chi connectivity index (χ2n) is 4.27. The Morgan fingerprint density at radius 1 is 1.50 bits per heavy atom. The van der Waals surface area contributed by atoms with E-state index < -0.39 is 6.61 Å². The van der Waals surface area contributed by atoms with Crippen LogP contribution in [-0.2, 0) is 4.74 Å². The van der Waals surface area contributed by atoms with Crippen LogP contribution in [0.1, 0.15) is 10.4 Å². The van der Waals surface area contributed by atoms with Crippen molar-refractivity contribution in [2.24, 2.45) is 0 Å². The second-order valence-corrected chi connectivity index (χ2v) is 4.92. The number of carbonyl (C=O) groups excluding carboxylic acids is 1. The summed E-state index contributed by atoms with van der Waals surface area (Å²) >= 11 is 3.30. The van der Waals surface area contributed by atoms with Crippen molar-refractivity contribution in [1.29, 1.82) is 0 Å². The van der Waals surface area contributed by atoms with Gasteiger partial charge in [0.1, 0.15) is 5.75 Å². The van der Waals surface area contributed by atoms with E-state index in [2.05, 4.69) is 20.7 Å². The van der Waals surface area contributed by atoms with Gasteiger partial charge in [0.25, 0.3) is 5.91 Å². The van der Waals surface area contributed by atoms with Crippen molar-refractivity contribution < 1.29 is 23.0 Å². The van der Waals surface area contributed by atoms with Crippen molar-refractivity contribution in [1.82, 2.24) is 4.90 Å². The van der Waals surface area contributed by atoms with E-state index in [0.717, 1.165) is 0 Å². The summed E-state index contributed by atoms with van der Waals surface area (Å²) in [5.41, 5.74) is 0.142. The van der Waals surface area contributed by atoms with Crippen LogP contribution in [0.4, 0.5) is 8.78 Å². The maximum atomic E-state index is 12.4. The van der Waals surface area contributed by atoms with Crippen molar-refractivity contribution in [3.05, 3.63) is 29.8 Å². The van der Waals surface area contributed by atoms with Gasteiger partial charge in [0.05, 0.1) is 18.3 Å². The molecular formula is C13H14BrF2NO3. The van der Waals surface area contributed by atoms with E-state index >= 15 is 0 Å². The molecule has 1 heterocycles. The molecule has 0 N–H and O–H groups in total. The zero-order valence-corrected chi connectivity index (χ0v) is 12.2. The maximum absolute atomic E-state index is 12.4. The van der Waals surface area contributed by atoms with E-state index in [1.54, 1.807) is 17.0 Å². The van der Waals surface area contributed by atoms with Gasteiger partial charge in [-0.15, -0.1) is 0 Å². The second kappa shape index (κ2) is 6.99. The number of hydrogen-bond donors (Lipinski definition) is 0. The molecule has 1 aliphatic heterocycles. The Morgan fingerprint density at radius 2 is 2.25 bits per heavy atom. The predicted molar refractivity (Wildman–Crippen MR) is 72.5 cm³/mol. The van der Waals surface area contributed by atoms with E-state index in [9.17, 15) is 13.6 Å². The van der Waals surface area contributed by atoms with E-state index in [4.69, 9.17) is 4.74 Å².